The summed E-state index contributed by atoms with van der Waals surface area (Å²) < 4.78 is 2.02. The molecular weight excluding hydrogens is 212 g/mol. The first-order chi connectivity index (χ1) is 7.86. The third-order valence-corrected chi connectivity index (χ3v) is 2.99. The molecule has 0 saturated carbocycles. The summed E-state index contributed by atoms with van der Waals surface area (Å²) in [5, 5.41) is 5.71. The van der Waals surface area contributed by atoms with Gasteiger partial charge < -0.3 is 5.73 Å². The van der Waals surface area contributed by atoms with E-state index in [4.69, 9.17) is 10.8 Å². The zero-order valence-corrected chi connectivity index (χ0v) is 11.2. The lowest BCUT2D eigenvalue weighted by atomic mass is 9.90. The maximum Gasteiger partial charge on any atom is 0.134 e. The van der Waals surface area contributed by atoms with Crippen LogP contribution < -0.4 is 5.73 Å². The molecule has 0 aliphatic carbocycles. The molecule has 0 bridgehead atoms. The van der Waals surface area contributed by atoms with E-state index >= 15 is 0 Å². The molecule has 2 N–H and O–H groups in total. The van der Waals surface area contributed by atoms with Crippen molar-refractivity contribution >= 4 is 16.7 Å². The van der Waals surface area contributed by atoms with Crippen LogP contribution in [-0.4, -0.2) is 14.8 Å². The van der Waals surface area contributed by atoms with Crippen molar-refractivity contribution in [1.29, 1.82) is 0 Å². The molecule has 0 aliphatic rings. The van der Waals surface area contributed by atoms with Gasteiger partial charge in [0.15, 0.2) is 0 Å². The maximum atomic E-state index is 6.03. The smallest absolute Gasteiger partial charge is 0.134 e. The normalized spacial score (nSPS) is 12.3. The van der Waals surface area contributed by atoms with Crippen molar-refractivity contribution in [2.24, 2.45) is 0 Å². The summed E-state index contributed by atoms with van der Waals surface area (Å²) in [7, 11) is 0. The SMILES string of the molecule is CCn1nc(C(C)(C)C)c2c(N)ncc(C)c21. The number of fused-ring (bicyclic) bond motifs is 1. The number of nitrogens with zero attached hydrogens (tertiary/aromatic N) is 3. The summed E-state index contributed by atoms with van der Waals surface area (Å²) in [5.74, 6) is 0.579. The molecule has 92 valence electrons. The van der Waals surface area contributed by atoms with E-state index in [1.165, 1.54) is 0 Å². The van der Waals surface area contributed by atoms with E-state index in [-0.39, 0.29) is 5.41 Å². The Balaban J connectivity index is 2.93. The van der Waals surface area contributed by atoms with Crippen molar-refractivity contribution in [3.63, 3.8) is 0 Å². The van der Waals surface area contributed by atoms with Crippen molar-refractivity contribution in [2.45, 2.75) is 46.6 Å². The molecule has 0 unspecified atom stereocenters. The Kier molecular flexibility index (Phi) is 2.60. The van der Waals surface area contributed by atoms with Gasteiger partial charge >= 0.3 is 0 Å². The van der Waals surface area contributed by atoms with Crippen molar-refractivity contribution < 1.29 is 0 Å². The second kappa shape index (κ2) is 3.72. The molecule has 0 spiro atoms. The van der Waals surface area contributed by atoms with E-state index in [2.05, 4.69) is 39.6 Å². The van der Waals surface area contributed by atoms with E-state index in [0.29, 0.717) is 5.82 Å². The molecule has 4 heteroatoms. The minimum absolute atomic E-state index is 0.0255. The molecule has 17 heavy (non-hydrogen) atoms. The highest BCUT2D eigenvalue weighted by Gasteiger charge is 2.24. The zero-order chi connectivity index (χ0) is 12.8. The molecule has 0 aromatic carbocycles. The van der Waals surface area contributed by atoms with E-state index in [1.54, 1.807) is 0 Å². The van der Waals surface area contributed by atoms with Crippen LogP contribution in [0.25, 0.3) is 10.9 Å². The van der Waals surface area contributed by atoms with Gasteiger partial charge in [0.1, 0.15) is 5.82 Å². The largest absolute Gasteiger partial charge is 0.383 e. The number of nitrogens with two attached hydrogens (primary N) is 1. The van der Waals surface area contributed by atoms with Crippen LogP contribution in [0, 0.1) is 6.92 Å². The number of rotatable bonds is 1. The van der Waals surface area contributed by atoms with Crippen LogP contribution in [0.4, 0.5) is 5.82 Å². The molecule has 4 nitrogen and oxygen atoms in total. The van der Waals surface area contributed by atoms with Crippen LogP contribution in [0.5, 0.6) is 0 Å². The van der Waals surface area contributed by atoms with Gasteiger partial charge in [-0.25, -0.2) is 4.98 Å². The molecule has 2 rings (SSSR count). The van der Waals surface area contributed by atoms with Crippen molar-refractivity contribution in [3.05, 3.63) is 17.5 Å². The number of aromatic nitrogens is 3. The Bertz CT molecular complexity index is 561. The number of hydrogen-bond donors (Lipinski definition) is 1. The second-order valence-corrected chi connectivity index (χ2v) is 5.46. The molecule has 2 aromatic heterocycles. The molecule has 2 aromatic rings. The van der Waals surface area contributed by atoms with Gasteiger partial charge in [-0.2, -0.15) is 5.10 Å². The average Bonchev–Trinajstić information content (AvgIpc) is 2.63. The average molecular weight is 232 g/mol. The minimum Gasteiger partial charge on any atom is -0.383 e. The highest BCUT2D eigenvalue weighted by Crippen LogP contribution is 2.33. The van der Waals surface area contributed by atoms with Gasteiger partial charge in [-0.05, 0) is 19.4 Å². The number of anilines is 1. The van der Waals surface area contributed by atoms with E-state index in [9.17, 15) is 0 Å². The van der Waals surface area contributed by atoms with Crippen LogP contribution in [0.3, 0.4) is 0 Å². The van der Waals surface area contributed by atoms with Crippen LogP contribution in [-0.2, 0) is 12.0 Å². The molecule has 0 radical (unpaired) electrons. The summed E-state index contributed by atoms with van der Waals surface area (Å²) in [6.45, 7) is 11.4. The molecular formula is C13H20N4. The number of pyridine rings is 1. The predicted octanol–water partition coefficient (Wildman–Crippen LogP) is 2.64. The lowest BCUT2D eigenvalue weighted by Gasteiger charge is -2.15. The molecule has 2 heterocycles. The van der Waals surface area contributed by atoms with Crippen molar-refractivity contribution in [1.82, 2.24) is 14.8 Å². The summed E-state index contributed by atoms with van der Waals surface area (Å²) in [5.41, 5.74) is 9.27. The summed E-state index contributed by atoms with van der Waals surface area (Å²) in [6.07, 6.45) is 1.82. The van der Waals surface area contributed by atoms with Gasteiger partial charge in [-0.15, -0.1) is 0 Å². The van der Waals surface area contributed by atoms with Gasteiger partial charge in [-0.1, -0.05) is 20.8 Å². The van der Waals surface area contributed by atoms with Gasteiger partial charge in [0.2, 0.25) is 0 Å². The summed E-state index contributed by atoms with van der Waals surface area (Å²) in [6, 6.07) is 0. The van der Waals surface area contributed by atoms with Crippen LogP contribution in [0.2, 0.25) is 0 Å². The number of aryl methyl sites for hydroxylation is 2. The van der Waals surface area contributed by atoms with Gasteiger partial charge in [-0.3, -0.25) is 4.68 Å². The Morgan fingerprint density at radius 3 is 2.53 bits per heavy atom. The lowest BCUT2D eigenvalue weighted by Crippen LogP contribution is -2.13. The van der Waals surface area contributed by atoms with Crippen molar-refractivity contribution in [2.75, 3.05) is 5.73 Å². The van der Waals surface area contributed by atoms with Crippen molar-refractivity contribution in [3.8, 4) is 0 Å². The molecule has 0 amide bonds. The fourth-order valence-corrected chi connectivity index (χ4v) is 2.15. The molecule has 0 fully saturated rings. The first-order valence-electron chi connectivity index (χ1n) is 5.98. The van der Waals surface area contributed by atoms with E-state index in [1.807, 2.05) is 10.9 Å². The minimum atomic E-state index is -0.0255. The van der Waals surface area contributed by atoms with E-state index < -0.39 is 0 Å². The Morgan fingerprint density at radius 2 is 2.00 bits per heavy atom. The molecule has 0 aliphatic heterocycles. The Labute approximate surface area is 102 Å². The van der Waals surface area contributed by atoms with Crippen LogP contribution in [0.1, 0.15) is 39.0 Å². The standard InChI is InChI=1S/C13H20N4/c1-6-17-10-8(2)7-15-12(14)9(10)11(16-17)13(3,4)5/h7H,6H2,1-5H3,(H2,14,15). The fraction of sp³-hybridized carbons (Fsp3) is 0.538. The maximum absolute atomic E-state index is 6.03. The predicted molar refractivity (Wildman–Crippen MR) is 71.1 cm³/mol. The van der Waals surface area contributed by atoms with E-state index in [0.717, 1.165) is 28.7 Å². The highest BCUT2D eigenvalue weighted by molar-refractivity contribution is 5.93. The summed E-state index contributed by atoms with van der Waals surface area (Å²) in [4.78, 5) is 4.25. The fourth-order valence-electron chi connectivity index (χ4n) is 2.15. The second-order valence-electron chi connectivity index (χ2n) is 5.46. The third-order valence-electron chi connectivity index (χ3n) is 2.99. The number of nitrogen functional groups attached to an aromatic ring is 1. The van der Waals surface area contributed by atoms with Crippen LogP contribution >= 0.6 is 0 Å². The number of hydrogen-bond acceptors (Lipinski definition) is 3. The highest BCUT2D eigenvalue weighted by atomic mass is 15.3. The molecule has 0 atom stereocenters. The topological polar surface area (TPSA) is 56.7 Å². The third kappa shape index (κ3) is 1.77. The first-order valence-corrected chi connectivity index (χ1v) is 5.98. The summed E-state index contributed by atoms with van der Waals surface area (Å²) >= 11 is 0. The van der Waals surface area contributed by atoms with Gasteiger partial charge in [0.05, 0.1) is 16.6 Å². The Morgan fingerprint density at radius 1 is 1.35 bits per heavy atom. The van der Waals surface area contributed by atoms with Gasteiger partial charge in [0, 0.05) is 18.2 Å². The lowest BCUT2D eigenvalue weighted by molar-refractivity contribution is 0.547. The van der Waals surface area contributed by atoms with Gasteiger partial charge in [0.25, 0.3) is 0 Å². The monoisotopic (exact) mass is 232 g/mol. The Hall–Kier alpha value is -1.58. The quantitative estimate of drug-likeness (QED) is 0.822. The first kappa shape index (κ1) is 11.9. The molecule has 0 saturated heterocycles. The zero-order valence-electron chi connectivity index (χ0n) is 11.2. The van der Waals surface area contributed by atoms with Crippen LogP contribution in [0.15, 0.2) is 6.20 Å².